The van der Waals surface area contributed by atoms with E-state index in [0.717, 1.165) is 41.2 Å². The number of hydrogen-bond acceptors (Lipinski definition) is 3. The van der Waals surface area contributed by atoms with Gasteiger partial charge in [-0.05, 0) is 60.5 Å². The highest BCUT2D eigenvalue weighted by atomic mass is 19.4. The summed E-state index contributed by atoms with van der Waals surface area (Å²) >= 11 is 0. The Bertz CT molecular complexity index is 1040. The standard InChI is InChI=1S/C22H18F3N3O/c23-22(24,25)29-20-9-7-18(8-10-20)28-13-3-6-19(28)14-16-4-2-12-27-21(16)17-5-1-11-26-15-17/h1,3-11,13,15H,2,12,14H2. The normalized spacial score (nSPS) is 14.3. The van der Waals surface area contributed by atoms with Crippen LogP contribution in [-0.4, -0.2) is 28.2 Å². The number of dihydropyridines is 1. The fourth-order valence-electron chi connectivity index (χ4n) is 3.36. The van der Waals surface area contributed by atoms with Gasteiger partial charge in [0, 0.05) is 48.5 Å². The van der Waals surface area contributed by atoms with Gasteiger partial charge in [-0.3, -0.25) is 9.98 Å². The zero-order valence-corrected chi connectivity index (χ0v) is 15.4. The molecule has 0 spiro atoms. The molecule has 4 nitrogen and oxygen atoms in total. The van der Waals surface area contributed by atoms with E-state index in [4.69, 9.17) is 0 Å². The fourth-order valence-corrected chi connectivity index (χ4v) is 3.36. The lowest BCUT2D eigenvalue weighted by atomic mass is 9.96. The Morgan fingerprint density at radius 3 is 2.59 bits per heavy atom. The summed E-state index contributed by atoms with van der Waals surface area (Å²) in [6, 6.07) is 13.6. The minimum Gasteiger partial charge on any atom is -0.406 e. The maximum absolute atomic E-state index is 12.4. The largest absolute Gasteiger partial charge is 0.573 e. The summed E-state index contributed by atoms with van der Waals surface area (Å²) in [6.07, 6.45) is 4.44. The predicted octanol–water partition coefficient (Wildman–Crippen LogP) is 5.13. The third-order valence-corrected chi connectivity index (χ3v) is 4.58. The number of allylic oxidation sites excluding steroid dienone is 1. The first-order valence-corrected chi connectivity index (χ1v) is 9.16. The number of rotatable bonds is 5. The van der Waals surface area contributed by atoms with Crippen molar-refractivity contribution >= 4 is 5.71 Å². The van der Waals surface area contributed by atoms with Crippen LogP contribution in [0.15, 0.2) is 83.8 Å². The molecule has 0 radical (unpaired) electrons. The number of benzene rings is 1. The summed E-state index contributed by atoms with van der Waals surface area (Å²) in [5.74, 6) is -0.240. The zero-order valence-electron chi connectivity index (χ0n) is 15.4. The lowest BCUT2D eigenvalue weighted by Crippen LogP contribution is -2.17. The number of nitrogens with zero attached hydrogens (tertiary/aromatic N) is 3. The van der Waals surface area contributed by atoms with Crippen molar-refractivity contribution in [3.63, 3.8) is 0 Å². The van der Waals surface area contributed by atoms with Gasteiger partial charge in [-0.2, -0.15) is 0 Å². The molecule has 3 aromatic rings. The van der Waals surface area contributed by atoms with E-state index in [2.05, 4.69) is 20.8 Å². The van der Waals surface area contributed by atoms with E-state index in [1.54, 1.807) is 24.5 Å². The van der Waals surface area contributed by atoms with Crippen molar-refractivity contribution < 1.29 is 17.9 Å². The summed E-state index contributed by atoms with van der Waals surface area (Å²) in [6.45, 7) is 0.745. The number of aliphatic imine (C=N–C) groups is 1. The lowest BCUT2D eigenvalue weighted by Gasteiger charge is -2.17. The van der Waals surface area contributed by atoms with Crippen LogP contribution in [0.1, 0.15) is 17.7 Å². The third kappa shape index (κ3) is 4.56. The van der Waals surface area contributed by atoms with Crippen molar-refractivity contribution in [3.8, 4) is 11.4 Å². The van der Waals surface area contributed by atoms with Gasteiger partial charge < -0.3 is 9.30 Å². The van der Waals surface area contributed by atoms with E-state index in [-0.39, 0.29) is 5.75 Å². The summed E-state index contributed by atoms with van der Waals surface area (Å²) in [5, 5.41) is 0. The summed E-state index contributed by atoms with van der Waals surface area (Å²) in [5.41, 5.74) is 4.80. The monoisotopic (exact) mass is 397 g/mol. The number of alkyl halides is 3. The fraction of sp³-hybridized carbons (Fsp3) is 0.182. The van der Waals surface area contributed by atoms with Crippen LogP contribution in [0.3, 0.4) is 0 Å². The molecule has 0 amide bonds. The Hall–Kier alpha value is -3.35. The van der Waals surface area contributed by atoms with E-state index < -0.39 is 6.36 Å². The van der Waals surface area contributed by atoms with Crippen molar-refractivity contribution in [2.45, 2.75) is 19.2 Å². The Kier molecular flexibility index (Phi) is 5.20. The molecule has 0 fully saturated rings. The molecule has 1 aromatic carbocycles. The second-order valence-corrected chi connectivity index (χ2v) is 6.58. The quantitative estimate of drug-likeness (QED) is 0.599. The van der Waals surface area contributed by atoms with E-state index in [0.29, 0.717) is 6.42 Å². The molecule has 0 saturated heterocycles. The van der Waals surface area contributed by atoms with Crippen LogP contribution < -0.4 is 4.74 Å². The molecule has 148 valence electrons. The molecule has 0 bridgehead atoms. The summed E-state index contributed by atoms with van der Waals surface area (Å²) in [7, 11) is 0. The SMILES string of the molecule is FC(F)(F)Oc1ccc(-n2cccc2CC2=CCCN=C2c2cccnc2)cc1. The topological polar surface area (TPSA) is 39.4 Å². The van der Waals surface area contributed by atoms with Crippen LogP contribution in [0.2, 0.25) is 0 Å². The van der Waals surface area contributed by atoms with Crippen LogP contribution in [-0.2, 0) is 6.42 Å². The summed E-state index contributed by atoms with van der Waals surface area (Å²) in [4.78, 5) is 8.87. The van der Waals surface area contributed by atoms with Crippen LogP contribution in [0.4, 0.5) is 13.2 Å². The number of hydrogen-bond donors (Lipinski definition) is 0. The minimum absolute atomic E-state index is 0.240. The van der Waals surface area contributed by atoms with Gasteiger partial charge in [0.1, 0.15) is 5.75 Å². The molecular formula is C22H18F3N3O. The molecule has 3 heterocycles. The number of pyridine rings is 1. The zero-order chi connectivity index (χ0) is 20.3. The van der Waals surface area contributed by atoms with Crippen molar-refractivity contribution in [3.05, 3.63) is 90.0 Å². The second-order valence-electron chi connectivity index (χ2n) is 6.58. The molecule has 29 heavy (non-hydrogen) atoms. The summed E-state index contributed by atoms with van der Waals surface area (Å²) < 4.78 is 43.0. The number of halogens is 3. The molecule has 1 aliphatic rings. The molecule has 0 saturated carbocycles. The Labute approximate surface area is 166 Å². The average molecular weight is 397 g/mol. The Morgan fingerprint density at radius 1 is 1.03 bits per heavy atom. The van der Waals surface area contributed by atoms with Gasteiger partial charge >= 0.3 is 6.36 Å². The van der Waals surface area contributed by atoms with Gasteiger partial charge in [-0.25, -0.2) is 0 Å². The number of ether oxygens (including phenoxy) is 1. The number of aromatic nitrogens is 2. The van der Waals surface area contributed by atoms with Gasteiger partial charge in [0.05, 0.1) is 5.71 Å². The molecule has 2 aromatic heterocycles. The van der Waals surface area contributed by atoms with Crippen molar-refractivity contribution in [2.75, 3.05) is 6.54 Å². The van der Waals surface area contributed by atoms with E-state index in [9.17, 15) is 13.2 Å². The van der Waals surface area contributed by atoms with Crippen molar-refractivity contribution in [2.24, 2.45) is 4.99 Å². The average Bonchev–Trinajstić information content (AvgIpc) is 3.17. The molecule has 0 unspecified atom stereocenters. The van der Waals surface area contributed by atoms with Crippen LogP contribution in [0.5, 0.6) is 5.75 Å². The molecule has 4 rings (SSSR count). The van der Waals surface area contributed by atoms with Gasteiger partial charge in [0.2, 0.25) is 0 Å². The smallest absolute Gasteiger partial charge is 0.406 e. The molecule has 7 heteroatoms. The van der Waals surface area contributed by atoms with E-state index in [1.165, 1.54) is 12.1 Å². The van der Waals surface area contributed by atoms with E-state index >= 15 is 0 Å². The van der Waals surface area contributed by atoms with Crippen molar-refractivity contribution in [1.29, 1.82) is 0 Å². The van der Waals surface area contributed by atoms with Crippen LogP contribution in [0.25, 0.3) is 5.69 Å². The second kappa shape index (κ2) is 7.95. The predicted molar refractivity (Wildman–Crippen MR) is 104 cm³/mol. The maximum Gasteiger partial charge on any atom is 0.573 e. The highest BCUT2D eigenvalue weighted by molar-refractivity contribution is 6.13. The first-order valence-electron chi connectivity index (χ1n) is 9.16. The third-order valence-electron chi connectivity index (χ3n) is 4.58. The van der Waals surface area contributed by atoms with Gasteiger partial charge in [-0.15, -0.1) is 13.2 Å². The molecule has 1 aliphatic heterocycles. The van der Waals surface area contributed by atoms with E-state index in [1.807, 2.05) is 35.0 Å². The molecule has 0 aliphatic carbocycles. The Morgan fingerprint density at radius 2 is 1.86 bits per heavy atom. The molecular weight excluding hydrogens is 379 g/mol. The highest BCUT2D eigenvalue weighted by Crippen LogP contribution is 2.25. The Balaban J connectivity index is 1.57. The van der Waals surface area contributed by atoms with Crippen molar-refractivity contribution in [1.82, 2.24) is 9.55 Å². The highest BCUT2D eigenvalue weighted by Gasteiger charge is 2.31. The molecule has 0 atom stereocenters. The van der Waals surface area contributed by atoms with Crippen LogP contribution in [0, 0.1) is 0 Å². The maximum atomic E-state index is 12.4. The minimum atomic E-state index is -4.70. The molecule has 0 N–H and O–H groups in total. The van der Waals surface area contributed by atoms with Crippen LogP contribution >= 0.6 is 0 Å². The first-order chi connectivity index (χ1) is 14.0. The first kappa shape index (κ1) is 19.0. The van der Waals surface area contributed by atoms with Gasteiger partial charge in [0.25, 0.3) is 0 Å². The lowest BCUT2D eigenvalue weighted by molar-refractivity contribution is -0.274. The van der Waals surface area contributed by atoms with Gasteiger partial charge in [-0.1, -0.05) is 6.08 Å². The van der Waals surface area contributed by atoms with Gasteiger partial charge in [0.15, 0.2) is 0 Å².